The van der Waals surface area contributed by atoms with Crippen molar-refractivity contribution in [3.05, 3.63) is 0 Å². The van der Waals surface area contributed by atoms with Crippen molar-refractivity contribution in [2.45, 2.75) is 58.1 Å². The van der Waals surface area contributed by atoms with Gasteiger partial charge in [0.25, 0.3) is 0 Å². The lowest BCUT2D eigenvalue weighted by Crippen LogP contribution is -2.38. The average Bonchev–Trinajstić information content (AvgIpc) is 2.29. The molecule has 0 bridgehead atoms. The molecule has 1 saturated carbocycles. The molecule has 1 fully saturated rings. The van der Waals surface area contributed by atoms with Gasteiger partial charge < -0.3 is 15.2 Å². The fourth-order valence-corrected chi connectivity index (χ4v) is 2.35. The predicted molar refractivity (Wildman–Crippen MR) is 66.7 cm³/mol. The van der Waals surface area contributed by atoms with Crippen molar-refractivity contribution in [3.8, 4) is 0 Å². The second-order valence-electron chi connectivity index (χ2n) is 4.90. The normalized spacial score (nSPS) is 26.5. The Kier molecular flexibility index (Phi) is 6.52. The Morgan fingerprint density at radius 2 is 2.29 bits per heavy atom. The van der Waals surface area contributed by atoms with Crippen molar-refractivity contribution in [2.75, 3.05) is 13.2 Å². The van der Waals surface area contributed by atoms with E-state index in [0.717, 1.165) is 38.6 Å². The van der Waals surface area contributed by atoms with Gasteiger partial charge in [-0.05, 0) is 46.1 Å². The molecule has 0 amide bonds. The van der Waals surface area contributed by atoms with E-state index in [0.29, 0.717) is 12.6 Å². The highest BCUT2D eigenvalue weighted by molar-refractivity contribution is 5.72. The highest BCUT2D eigenvalue weighted by Crippen LogP contribution is 2.25. The van der Waals surface area contributed by atoms with Crippen LogP contribution in [0.1, 0.15) is 46.0 Å². The lowest BCUT2D eigenvalue weighted by molar-refractivity contribution is -0.149. The average molecular weight is 243 g/mol. The SMILES string of the molecule is CCOC(=O)C1CCCC(NCCC(C)O)C1. The van der Waals surface area contributed by atoms with E-state index >= 15 is 0 Å². The van der Waals surface area contributed by atoms with E-state index in [1.165, 1.54) is 0 Å². The summed E-state index contributed by atoms with van der Waals surface area (Å²) >= 11 is 0. The van der Waals surface area contributed by atoms with Crippen molar-refractivity contribution in [1.29, 1.82) is 0 Å². The first-order valence-corrected chi connectivity index (χ1v) is 6.71. The molecule has 1 aliphatic rings. The number of esters is 1. The number of carbonyl (C=O) groups is 1. The van der Waals surface area contributed by atoms with Crippen LogP contribution in [0.2, 0.25) is 0 Å². The monoisotopic (exact) mass is 243 g/mol. The fourth-order valence-electron chi connectivity index (χ4n) is 2.35. The van der Waals surface area contributed by atoms with Gasteiger partial charge >= 0.3 is 5.97 Å². The number of hydrogen-bond donors (Lipinski definition) is 2. The minimum atomic E-state index is -0.257. The number of ether oxygens (including phenoxy) is 1. The second-order valence-corrected chi connectivity index (χ2v) is 4.90. The van der Waals surface area contributed by atoms with E-state index in [4.69, 9.17) is 4.74 Å². The zero-order valence-corrected chi connectivity index (χ0v) is 10.9. The summed E-state index contributed by atoms with van der Waals surface area (Å²) in [7, 11) is 0. The molecule has 1 rings (SSSR count). The minimum absolute atomic E-state index is 0.0467. The molecule has 0 aromatic heterocycles. The second kappa shape index (κ2) is 7.67. The highest BCUT2D eigenvalue weighted by Gasteiger charge is 2.27. The lowest BCUT2D eigenvalue weighted by Gasteiger charge is -2.28. The lowest BCUT2D eigenvalue weighted by atomic mass is 9.85. The third kappa shape index (κ3) is 5.50. The Bertz CT molecular complexity index is 231. The van der Waals surface area contributed by atoms with Gasteiger partial charge in [0.2, 0.25) is 0 Å². The van der Waals surface area contributed by atoms with Crippen LogP contribution in [0.3, 0.4) is 0 Å². The van der Waals surface area contributed by atoms with Gasteiger partial charge in [-0.15, -0.1) is 0 Å². The van der Waals surface area contributed by atoms with Crippen molar-refractivity contribution >= 4 is 5.97 Å². The van der Waals surface area contributed by atoms with E-state index in [9.17, 15) is 9.90 Å². The van der Waals surface area contributed by atoms with Crippen molar-refractivity contribution in [2.24, 2.45) is 5.92 Å². The third-order valence-electron chi connectivity index (χ3n) is 3.29. The summed E-state index contributed by atoms with van der Waals surface area (Å²) in [6, 6.07) is 0.400. The van der Waals surface area contributed by atoms with Crippen LogP contribution in [0.25, 0.3) is 0 Å². The maximum Gasteiger partial charge on any atom is 0.308 e. The molecule has 0 aromatic rings. The topological polar surface area (TPSA) is 58.6 Å². The van der Waals surface area contributed by atoms with Gasteiger partial charge in [-0.3, -0.25) is 4.79 Å². The molecule has 0 aliphatic heterocycles. The van der Waals surface area contributed by atoms with E-state index in [-0.39, 0.29) is 18.0 Å². The molecule has 100 valence electrons. The highest BCUT2D eigenvalue weighted by atomic mass is 16.5. The predicted octanol–water partition coefficient (Wildman–Crippen LogP) is 1.47. The van der Waals surface area contributed by atoms with Crippen LogP contribution in [-0.2, 0) is 9.53 Å². The van der Waals surface area contributed by atoms with Gasteiger partial charge in [-0.2, -0.15) is 0 Å². The van der Waals surface area contributed by atoms with Crippen LogP contribution < -0.4 is 5.32 Å². The van der Waals surface area contributed by atoms with E-state index in [1.54, 1.807) is 6.92 Å². The molecule has 3 atom stereocenters. The maximum absolute atomic E-state index is 11.6. The summed E-state index contributed by atoms with van der Waals surface area (Å²) < 4.78 is 5.07. The molecule has 0 heterocycles. The largest absolute Gasteiger partial charge is 0.466 e. The summed E-state index contributed by atoms with van der Waals surface area (Å²) in [4.78, 5) is 11.6. The molecular weight excluding hydrogens is 218 g/mol. The summed E-state index contributed by atoms with van der Waals surface area (Å²) in [5, 5.41) is 12.6. The summed E-state index contributed by atoms with van der Waals surface area (Å²) in [6.45, 7) is 4.93. The first kappa shape index (κ1) is 14.5. The molecule has 2 N–H and O–H groups in total. The minimum Gasteiger partial charge on any atom is -0.466 e. The third-order valence-corrected chi connectivity index (χ3v) is 3.29. The van der Waals surface area contributed by atoms with Crippen LogP contribution in [0, 0.1) is 5.92 Å². The van der Waals surface area contributed by atoms with Crippen molar-refractivity contribution in [1.82, 2.24) is 5.32 Å². The Balaban J connectivity index is 2.26. The molecular formula is C13H25NO3. The molecule has 4 nitrogen and oxygen atoms in total. The Morgan fingerprint density at radius 3 is 2.94 bits per heavy atom. The number of rotatable bonds is 6. The van der Waals surface area contributed by atoms with Gasteiger partial charge in [0.05, 0.1) is 18.6 Å². The molecule has 0 aromatic carbocycles. The fraction of sp³-hybridized carbons (Fsp3) is 0.923. The quantitative estimate of drug-likeness (QED) is 0.694. The van der Waals surface area contributed by atoms with Gasteiger partial charge in [0.1, 0.15) is 0 Å². The van der Waals surface area contributed by atoms with Crippen LogP contribution in [0.15, 0.2) is 0 Å². The molecule has 0 radical (unpaired) electrons. The van der Waals surface area contributed by atoms with Crippen molar-refractivity contribution in [3.63, 3.8) is 0 Å². The van der Waals surface area contributed by atoms with E-state index in [2.05, 4.69) is 5.32 Å². The molecule has 17 heavy (non-hydrogen) atoms. The Hall–Kier alpha value is -0.610. The molecule has 1 aliphatic carbocycles. The smallest absolute Gasteiger partial charge is 0.308 e. The Morgan fingerprint density at radius 1 is 1.53 bits per heavy atom. The number of aliphatic hydroxyl groups excluding tert-OH is 1. The van der Waals surface area contributed by atoms with Crippen molar-refractivity contribution < 1.29 is 14.6 Å². The summed E-state index contributed by atoms with van der Waals surface area (Å²) in [5.74, 6) is 0.0160. The van der Waals surface area contributed by atoms with Gasteiger partial charge in [0.15, 0.2) is 0 Å². The standard InChI is InChI=1S/C13H25NO3/c1-3-17-13(16)11-5-4-6-12(9-11)14-8-7-10(2)15/h10-12,14-15H,3-9H2,1-2H3. The number of nitrogens with one attached hydrogen (secondary N) is 1. The number of aliphatic hydroxyl groups is 1. The maximum atomic E-state index is 11.6. The van der Waals surface area contributed by atoms with E-state index < -0.39 is 0 Å². The molecule has 0 saturated heterocycles. The number of carbonyl (C=O) groups excluding carboxylic acids is 1. The van der Waals surface area contributed by atoms with E-state index in [1.807, 2.05) is 6.92 Å². The first-order chi connectivity index (χ1) is 8.13. The first-order valence-electron chi connectivity index (χ1n) is 6.71. The Labute approximate surface area is 104 Å². The summed E-state index contributed by atoms with van der Waals surface area (Å²) in [6.07, 6.45) is 4.53. The van der Waals surface area contributed by atoms with Crippen LogP contribution in [0.5, 0.6) is 0 Å². The zero-order valence-electron chi connectivity index (χ0n) is 10.9. The van der Waals surface area contributed by atoms with Gasteiger partial charge in [-0.1, -0.05) is 6.42 Å². The molecule has 3 unspecified atom stereocenters. The van der Waals surface area contributed by atoms with Crippen LogP contribution in [0.4, 0.5) is 0 Å². The van der Waals surface area contributed by atoms with Crippen LogP contribution in [-0.4, -0.2) is 36.4 Å². The van der Waals surface area contributed by atoms with Crippen LogP contribution >= 0.6 is 0 Å². The molecule has 4 heteroatoms. The number of hydrogen-bond acceptors (Lipinski definition) is 4. The zero-order chi connectivity index (χ0) is 12.7. The summed E-state index contributed by atoms with van der Waals surface area (Å²) in [5.41, 5.74) is 0. The molecule has 0 spiro atoms. The van der Waals surface area contributed by atoms with Gasteiger partial charge in [-0.25, -0.2) is 0 Å². The van der Waals surface area contributed by atoms with Gasteiger partial charge in [0, 0.05) is 6.04 Å².